The van der Waals surface area contributed by atoms with Crippen molar-refractivity contribution in [2.75, 3.05) is 0 Å². The standard InChI is InChI=1S/C13H26/c1-8-13(9(2)3)11(5)10(4)12(13,6)7/h9-11H,8H2,1-7H3. The maximum absolute atomic E-state index is 2.46. The lowest BCUT2D eigenvalue weighted by Crippen LogP contribution is -2.62. The van der Waals surface area contributed by atoms with E-state index in [1.54, 1.807) is 0 Å². The van der Waals surface area contributed by atoms with Gasteiger partial charge in [0.25, 0.3) is 0 Å². The van der Waals surface area contributed by atoms with Gasteiger partial charge in [-0.05, 0) is 35.0 Å². The second-order valence-corrected chi connectivity index (χ2v) is 5.85. The van der Waals surface area contributed by atoms with Crippen molar-refractivity contribution in [1.29, 1.82) is 0 Å². The van der Waals surface area contributed by atoms with Crippen molar-refractivity contribution in [2.45, 2.75) is 54.9 Å². The molecule has 0 amide bonds. The third-order valence-electron chi connectivity index (χ3n) is 5.52. The highest BCUT2D eigenvalue weighted by Gasteiger charge is 2.62. The zero-order valence-electron chi connectivity index (χ0n) is 10.4. The van der Waals surface area contributed by atoms with Gasteiger partial charge in [0.05, 0.1) is 0 Å². The third-order valence-corrected chi connectivity index (χ3v) is 5.52. The van der Waals surface area contributed by atoms with Crippen LogP contribution >= 0.6 is 0 Å². The number of rotatable bonds is 2. The van der Waals surface area contributed by atoms with Crippen LogP contribution in [0.4, 0.5) is 0 Å². The number of hydrogen-bond donors (Lipinski definition) is 0. The molecule has 78 valence electrons. The van der Waals surface area contributed by atoms with Crippen molar-refractivity contribution in [2.24, 2.45) is 28.6 Å². The summed E-state index contributed by atoms with van der Waals surface area (Å²) in [7, 11) is 0. The molecule has 0 spiro atoms. The molecule has 0 aromatic rings. The molecule has 3 atom stereocenters. The van der Waals surface area contributed by atoms with Crippen LogP contribution in [0.3, 0.4) is 0 Å². The van der Waals surface area contributed by atoms with Crippen LogP contribution in [0, 0.1) is 28.6 Å². The molecule has 0 radical (unpaired) electrons. The second kappa shape index (κ2) is 3.00. The fraction of sp³-hybridized carbons (Fsp3) is 1.00. The zero-order chi connectivity index (χ0) is 10.4. The summed E-state index contributed by atoms with van der Waals surface area (Å²) in [5, 5.41) is 0. The van der Waals surface area contributed by atoms with Crippen molar-refractivity contribution in [3.63, 3.8) is 0 Å². The molecule has 0 nitrogen and oxygen atoms in total. The van der Waals surface area contributed by atoms with Gasteiger partial charge < -0.3 is 0 Å². The van der Waals surface area contributed by atoms with Crippen LogP contribution < -0.4 is 0 Å². The SMILES string of the molecule is CCC1(C(C)C)C(C)C(C)C1(C)C. The van der Waals surface area contributed by atoms with E-state index in [1.165, 1.54) is 6.42 Å². The Balaban J connectivity index is 3.01. The molecule has 0 aromatic heterocycles. The Labute approximate surface area is 84.1 Å². The van der Waals surface area contributed by atoms with Crippen LogP contribution in [0.25, 0.3) is 0 Å². The molecular weight excluding hydrogens is 156 g/mol. The van der Waals surface area contributed by atoms with Gasteiger partial charge in [0.15, 0.2) is 0 Å². The summed E-state index contributed by atoms with van der Waals surface area (Å²) in [6.45, 7) is 16.9. The van der Waals surface area contributed by atoms with E-state index in [0.717, 1.165) is 17.8 Å². The second-order valence-electron chi connectivity index (χ2n) is 5.85. The Morgan fingerprint density at radius 2 is 1.54 bits per heavy atom. The summed E-state index contributed by atoms with van der Waals surface area (Å²) in [6.07, 6.45) is 1.34. The van der Waals surface area contributed by atoms with Crippen LogP contribution in [-0.4, -0.2) is 0 Å². The van der Waals surface area contributed by atoms with Crippen LogP contribution in [0.2, 0.25) is 0 Å². The van der Waals surface area contributed by atoms with Crippen molar-refractivity contribution in [3.05, 3.63) is 0 Å². The Morgan fingerprint density at radius 3 is 1.69 bits per heavy atom. The molecule has 0 aromatic carbocycles. The van der Waals surface area contributed by atoms with E-state index >= 15 is 0 Å². The molecule has 0 saturated heterocycles. The smallest absolute Gasteiger partial charge is 0.0195 e. The van der Waals surface area contributed by atoms with E-state index in [0.29, 0.717) is 10.8 Å². The molecule has 3 unspecified atom stereocenters. The minimum absolute atomic E-state index is 0.537. The van der Waals surface area contributed by atoms with E-state index in [2.05, 4.69) is 48.5 Å². The van der Waals surface area contributed by atoms with Crippen molar-refractivity contribution >= 4 is 0 Å². The predicted molar refractivity (Wildman–Crippen MR) is 59.7 cm³/mol. The predicted octanol–water partition coefficient (Wildman–Crippen LogP) is 4.35. The monoisotopic (exact) mass is 182 g/mol. The van der Waals surface area contributed by atoms with Crippen molar-refractivity contribution in [3.8, 4) is 0 Å². The first-order chi connectivity index (χ1) is 5.82. The van der Waals surface area contributed by atoms with E-state index in [1.807, 2.05) is 0 Å². The van der Waals surface area contributed by atoms with Gasteiger partial charge in [-0.1, -0.05) is 48.5 Å². The van der Waals surface area contributed by atoms with E-state index in [4.69, 9.17) is 0 Å². The Bertz CT molecular complexity index is 190. The maximum Gasteiger partial charge on any atom is -0.0195 e. The van der Waals surface area contributed by atoms with Gasteiger partial charge in [-0.15, -0.1) is 0 Å². The van der Waals surface area contributed by atoms with Gasteiger partial charge in [0.1, 0.15) is 0 Å². The van der Waals surface area contributed by atoms with Gasteiger partial charge in [-0.3, -0.25) is 0 Å². The molecule has 1 fully saturated rings. The molecule has 1 aliphatic rings. The van der Waals surface area contributed by atoms with Crippen molar-refractivity contribution in [1.82, 2.24) is 0 Å². The lowest BCUT2D eigenvalue weighted by Gasteiger charge is -2.68. The van der Waals surface area contributed by atoms with Gasteiger partial charge in [-0.2, -0.15) is 0 Å². The highest BCUT2D eigenvalue weighted by molar-refractivity contribution is 5.10. The quantitative estimate of drug-likeness (QED) is 0.595. The van der Waals surface area contributed by atoms with E-state index in [-0.39, 0.29) is 0 Å². The van der Waals surface area contributed by atoms with Crippen LogP contribution in [0.1, 0.15) is 54.9 Å². The van der Waals surface area contributed by atoms with Gasteiger partial charge in [0, 0.05) is 0 Å². The minimum Gasteiger partial charge on any atom is -0.0648 e. The molecule has 1 rings (SSSR count). The summed E-state index contributed by atoms with van der Waals surface area (Å²) in [4.78, 5) is 0. The normalized spacial score (nSPS) is 43.4. The topological polar surface area (TPSA) is 0 Å². The lowest BCUT2D eigenvalue weighted by molar-refractivity contribution is -0.204. The minimum atomic E-state index is 0.537. The van der Waals surface area contributed by atoms with Crippen LogP contribution in [0.15, 0.2) is 0 Å². The molecule has 1 saturated carbocycles. The average Bonchev–Trinajstić information content (AvgIpc) is 2.04. The maximum atomic E-state index is 2.46. The summed E-state index contributed by atoms with van der Waals surface area (Å²) < 4.78 is 0. The molecule has 0 aliphatic heterocycles. The van der Waals surface area contributed by atoms with Crippen LogP contribution in [-0.2, 0) is 0 Å². The van der Waals surface area contributed by atoms with Crippen molar-refractivity contribution < 1.29 is 0 Å². The molecule has 13 heavy (non-hydrogen) atoms. The average molecular weight is 182 g/mol. The summed E-state index contributed by atoms with van der Waals surface area (Å²) >= 11 is 0. The molecule has 0 N–H and O–H groups in total. The first-order valence-electron chi connectivity index (χ1n) is 5.82. The Hall–Kier alpha value is 0. The lowest BCUT2D eigenvalue weighted by atomic mass is 9.36. The van der Waals surface area contributed by atoms with Gasteiger partial charge in [0.2, 0.25) is 0 Å². The number of hydrogen-bond acceptors (Lipinski definition) is 0. The first-order valence-corrected chi connectivity index (χ1v) is 5.82. The fourth-order valence-electron chi connectivity index (χ4n) is 4.44. The summed E-state index contributed by atoms with van der Waals surface area (Å²) in [5.74, 6) is 2.60. The van der Waals surface area contributed by atoms with Gasteiger partial charge >= 0.3 is 0 Å². The zero-order valence-corrected chi connectivity index (χ0v) is 10.4. The summed E-state index contributed by atoms with van der Waals surface area (Å²) in [5.41, 5.74) is 1.13. The summed E-state index contributed by atoms with van der Waals surface area (Å²) in [6, 6.07) is 0. The molecule has 0 bridgehead atoms. The molecule has 0 heteroatoms. The van der Waals surface area contributed by atoms with E-state index < -0.39 is 0 Å². The Kier molecular flexibility index (Phi) is 2.56. The molecule has 0 heterocycles. The highest BCUT2D eigenvalue weighted by atomic mass is 14.7. The Morgan fingerprint density at radius 1 is 1.08 bits per heavy atom. The fourth-order valence-corrected chi connectivity index (χ4v) is 4.44. The highest BCUT2D eigenvalue weighted by Crippen LogP contribution is 2.68. The first kappa shape index (κ1) is 11.1. The molecular formula is C13H26. The van der Waals surface area contributed by atoms with Gasteiger partial charge in [-0.25, -0.2) is 0 Å². The largest absolute Gasteiger partial charge is 0.0648 e. The molecule has 1 aliphatic carbocycles. The third kappa shape index (κ3) is 1.04. The van der Waals surface area contributed by atoms with E-state index in [9.17, 15) is 0 Å². The van der Waals surface area contributed by atoms with Crippen LogP contribution in [0.5, 0.6) is 0 Å².